The van der Waals surface area contributed by atoms with Gasteiger partial charge in [-0.05, 0) is 44.0 Å². The third-order valence-corrected chi connectivity index (χ3v) is 4.45. The second-order valence-electron chi connectivity index (χ2n) is 5.19. The summed E-state index contributed by atoms with van der Waals surface area (Å²) in [6, 6.07) is 5.97. The summed E-state index contributed by atoms with van der Waals surface area (Å²) in [5, 5.41) is 0. The average Bonchev–Trinajstić information content (AvgIpc) is 2.51. The van der Waals surface area contributed by atoms with E-state index in [4.69, 9.17) is 9.47 Å². The summed E-state index contributed by atoms with van der Waals surface area (Å²) in [5.41, 5.74) is 3.17. The first-order valence-corrected chi connectivity index (χ1v) is 8.38. The summed E-state index contributed by atoms with van der Waals surface area (Å²) in [6.07, 6.45) is 2.84. The van der Waals surface area contributed by atoms with Crippen molar-refractivity contribution in [2.75, 3.05) is 26.9 Å². The van der Waals surface area contributed by atoms with E-state index < -0.39 is 0 Å². The Morgan fingerprint density at radius 2 is 2.14 bits per heavy atom. The largest absolute Gasteiger partial charge is 0.491 e. The predicted molar refractivity (Wildman–Crippen MR) is 91.2 cm³/mol. The molecule has 0 saturated heterocycles. The molecule has 1 unspecified atom stereocenters. The second kappa shape index (κ2) is 7.79. The van der Waals surface area contributed by atoms with Gasteiger partial charge in [-0.1, -0.05) is 22.0 Å². The van der Waals surface area contributed by atoms with Gasteiger partial charge in [0.15, 0.2) is 0 Å². The van der Waals surface area contributed by atoms with Gasteiger partial charge in [-0.3, -0.25) is 4.79 Å². The quantitative estimate of drug-likeness (QED) is 0.571. The number of alkyl halides is 1. The van der Waals surface area contributed by atoms with Crippen molar-refractivity contribution in [2.45, 2.75) is 25.1 Å². The van der Waals surface area contributed by atoms with Gasteiger partial charge in [-0.15, -0.1) is 0 Å². The highest BCUT2D eigenvalue weighted by atomic mass is 79.9. The molecule has 0 spiro atoms. The van der Waals surface area contributed by atoms with Gasteiger partial charge >= 0.3 is 0 Å². The van der Waals surface area contributed by atoms with E-state index >= 15 is 0 Å². The van der Waals surface area contributed by atoms with Crippen molar-refractivity contribution in [3.8, 4) is 5.75 Å². The first-order valence-electron chi connectivity index (χ1n) is 7.46. The van der Waals surface area contributed by atoms with E-state index in [0.29, 0.717) is 19.8 Å². The number of hydrogen-bond donors (Lipinski definition) is 0. The van der Waals surface area contributed by atoms with Crippen LogP contribution >= 0.6 is 15.9 Å². The zero-order valence-corrected chi connectivity index (χ0v) is 14.9. The van der Waals surface area contributed by atoms with Gasteiger partial charge < -0.3 is 14.4 Å². The van der Waals surface area contributed by atoms with Crippen LogP contribution in [0.3, 0.4) is 0 Å². The number of carbonyl (C=O) groups excluding carboxylic acids is 1. The highest BCUT2D eigenvalue weighted by Crippen LogP contribution is 2.31. The first kappa shape index (κ1) is 17.0. The minimum atomic E-state index is -0.117. The van der Waals surface area contributed by atoms with E-state index in [1.165, 1.54) is 0 Å². The van der Waals surface area contributed by atoms with Crippen LogP contribution < -0.4 is 4.74 Å². The summed E-state index contributed by atoms with van der Waals surface area (Å²) >= 11 is 3.43. The molecule has 120 valence electrons. The third-order valence-electron chi connectivity index (χ3n) is 3.69. The Balaban J connectivity index is 2.23. The Bertz CT molecular complexity index is 571. The van der Waals surface area contributed by atoms with Crippen molar-refractivity contribution in [2.24, 2.45) is 0 Å². The highest BCUT2D eigenvalue weighted by molar-refractivity contribution is 9.10. The predicted octanol–water partition coefficient (Wildman–Crippen LogP) is 3.38. The van der Waals surface area contributed by atoms with Crippen LogP contribution in [0.15, 0.2) is 24.3 Å². The molecule has 0 N–H and O–H groups in total. The van der Waals surface area contributed by atoms with Gasteiger partial charge in [0.05, 0.1) is 11.4 Å². The lowest BCUT2D eigenvalue weighted by atomic mass is 10.00. The fourth-order valence-electron chi connectivity index (χ4n) is 2.55. The molecule has 0 radical (unpaired) electrons. The van der Waals surface area contributed by atoms with Crippen molar-refractivity contribution >= 4 is 27.5 Å². The van der Waals surface area contributed by atoms with Gasteiger partial charge in [0.1, 0.15) is 12.4 Å². The minimum absolute atomic E-state index is 0.117. The van der Waals surface area contributed by atoms with E-state index in [0.717, 1.165) is 29.0 Å². The Kier molecular flexibility index (Phi) is 6.03. The van der Waals surface area contributed by atoms with Crippen LogP contribution in [-0.4, -0.2) is 42.5 Å². The lowest BCUT2D eigenvalue weighted by molar-refractivity contribution is -0.127. The molecule has 1 atom stereocenters. The van der Waals surface area contributed by atoms with Crippen molar-refractivity contribution < 1.29 is 14.3 Å². The number of rotatable bonds is 6. The molecule has 1 aromatic carbocycles. The average molecular weight is 368 g/mol. The van der Waals surface area contributed by atoms with Crippen molar-refractivity contribution in [3.63, 3.8) is 0 Å². The third kappa shape index (κ3) is 3.70. The number of halogens is 1. The maximum atomic E-state index is 12.3. The fraction of sp³-hybridized carbons (Fsp3) is 0.471. The number of carbonyl (C=O) groups is 1. The van der Waals surface area contributed by atoms with Gasteiger partial charge in [0.25, 0.3) is 0 Å². The number of allylic oxidation sites excluding steroid dienone is 1. The lowest BCUT2D eigenvalue weighted by Crippen LogP contribution is -2.38. The number of hydrogen-bond acceptors (Lipinski definition) is 3. The lowest BCUT2D eigenvalue weighted by Gasteiger charge is -2.31. The second-order valence-corrected chi connectivity index (χ2v) is 6.30. The summed E-state index contributed by atoms with van der Waals surface area (Å²) in [4.78, 5) is 14.0. The molecule has 4 nitrogen and oxygen atoms in total. The molecule has 0 fully saturated rings. The molecule has 0 aromatic heterocycles. The van der Waals surface area contributed by atoms with Crippen LogP contribution in [-0.2, 0) is 9.53 Å². The molecular weight excluding hydrogens is 346 g/mol. The van der Waals surface area contributed by atoms with E-state index in [-0.39, 0.29) is 10.7 Å². The van der Waals surface area contributed by atoms with E-state index in [1.54, 1.807) is 7.11 Å². The van der Waals surface area contributed by atoms with Crippen molar-refractivity contribution in [3.05, 3.63) is 35.4 Å². The number of methoxy groups -OCH3 is 1. The Hall–Kier alpha value is -1.33. The first-order chi connectivity index (χ1) is 10.6. The zero-order valence-electron chi connectivity index (χ0n) is 13.3. The maximum Gasteiger partial charge on any atom is 0.241 e. The fourth-order valence-corrected chi connectivity index (χ4v) is 2.99. The van der Waals surface area contributed by atoms with Crippen LogP contribution in [0, 0.1) is 6.92 Å². The van der Waals surface area contributed by atoms with Crippen molar-refractivity contribution in [1.29, 1.82) is 0 Å². The standard InChI is InChI=1S/C17H22BrNO3/c1-4-19-16(8-7-15(18)17(19)20)14-6-5-13(11-12(14)2)22-10-9-21-3/h5-6,8,11,15H,4,7,9-10H2,1-3H3. The van der Waals surface area contributed by atoms with Gasteiger partial charge in [0, 0.05) is 24.9 Å². The maximum absolute atomic E-state index is 12.3. The summed E-state index contributed by atoms with van der Waals surface area (Å²) in [7, 11) is 1.65. The molecular formula is C17H22BrNO3. The number of aryl methyl sites for hydroxylation is 1. The van der Waals surface area contributed by atoms with E-state index in [1.807, 2.05) is 36.9 Å². The number of ether oxygens (including phenoxy) is 2. The number of benzene rings is 1. The minimum Gasteiger partial charge on any atom is -0.491 e. The smallest absolute Gasteiger partial charge is 0.241 e. The molecule has 1 heterocycles. The number of amides is 1. The van der Waals surface area contributed by atoms with Crippen LogP contribution in [0.5, 0.6) is 5.75 Å². The number of nitrogens with zero attached hydrogens (tertiary/aromatic N) is 1. The molecule has 1 amide bonds. The van der Waals surface area contributed by atoms with Crippen LogP contribution in [0.1, 0.15) is 24.5 Å². The zero-order chi connectivity index (χ0) is 16.1. The molecule has 5 heteroatoms. The molecule has 1 aliphatic rings. The van der Waals surface area contributed by atoms with Gasteiger partial charge in [-0.2, -0.15) is 0 Å². The molecule has 0 bridgehead atoms. The molecule has 1 aromatic rings. The monoisotopic (exact) mass is 367 g/mol. The van der Waals surface area contributed by atoms with E-state index in [9.17, 15) is 4.79 Å². The van der Waals surface area contributed by atoms with Crippen LogP contribution in [0.25, 0.3) is 5.70 Å². The molecule has 22 heavy (non-hydrogen) atoms. The normalized spacial score (nSPS) is 18.4. The SMILES string of the molecule is CCN1C(=O)C(Br)CC=C1c1ccc(OCCOC)cc1C. The van der Waals surface area contributed by atoms with Crippen LogP contribution in [0.4, 0.5) is 0 Å². The van der Waals surface area contributed by atoms with E-state index in [2.05, 4.69) is 22.0 Å². The van der Waals surface area contributed by atoms with Crippen molar-refractivity contribution in [1.82, 2.24) is 4.90 Å². The molecule has 0 saturated carbocycles. The Labute approximate surface area is 140 Å². The van der Waals surface area contributed by atoms with Crippen LogP contribution in [0.2, 0.25) is 0 Å². The molecule has 0 aliphatic carbocycles. The highest BCUT2D eigenvalue weighted by Gasteiger charge is 2.28. The topological polar surface area (TPSA) is 38.8 Å². The summed E-state index contributed by atoms with van der Waals surface area (Å²) in [6.45, 7) is 5.80. The summed E-state index contributed by atoms with van der Waals surface area (Å²) in [5.74, 6) is 0.947. The Morgan fingerprint density at radius 3 is 2.77 bits per heavy atom. The van der Waals surface area contributed by atoms with Gasteiger partial charge in [-0.25, -0.2) is 0 Å². The Morgan fingerprint density at radius 1 is 1.36 bits per heavy atom. The molecule has 2 rings (SSSR count). The molecule has 1 aliphatic heterocycles. The summed E-state index contributed by atoms with van der Waals surface area (Å²) < 4.78 is 10.6. The van der Waals surface area contributed by atoms with Gasteiger partial charge in [0.2, 0.25) is 5.91 Å².